The number of nitrogens with zero attached hydrogens (tertiary/aromatic N) is 2. The van der Waals surface area contributed by atoms with Crippen LogP contribution in [0.1, 0.15) is 29.7 Å². The fourth-order valence-corrected chi connectivity index (χ4v) is 3.09. The first kappa shape index (κ1) is 10.1. The Balaban J connectivity index is 2.02. The van der Waals surface area contributed by atoms with Crippen molar-refractivity contribution in [1.29, 1.82) is 0 Å². The molecule has 1 aromatic carbocycles. The summed E-state index contributed by atoms with van der Waals surface area (Å²) in [4.78, 5) is 17.3. The number of benzene rings is 1. The molecule has 90 valence electrons. The molecule has 3 nitrogen and oxygen atoms in total. The van der Waals surface area contributed by atoms with Crippen molar-refractivity contribution in [2.75, 3.05) is 0 Å². The Morgan fingerprint density at radius 1 is 1.11 bits per heavy atom. The summed E-state index contributed by atoms with van der Waals surface area (Å²) in [6.07, 6.45) is 4.14. The number of aryl methyl sites for hydroxylation is 1. The van der Waals surface area contributed by atoms with Crippen LogP contribution in [0.5, 0.6) is 0 Å². The molecule has 0 amide bonds. The van der Waals surface area contributed by atoms with E-state index in [9.17, 15) is 4.79 Å². The van der Waals surface area contributed by atoms with Gasteiger partial charge in [0.05, 0.1) is 12.2 Å². The topological polar surface area (TPSA) is 34.9 Å². The lowest BCUT2D eigenvalue weighted by Crippen LogP contribution is -2.28. The predicted molar refractivity (Wildman–Crippen MR) is 69.7 cm³/mol. The van der Waals surface area contributed by atoms with Gasteiger partial charge in [-0.3, -0.25) is 9.36 Å². The zero-order chi connectivity index (χ0) is 12.1. The molecule has 0 radical (unpaired) electrons. The zero-order valence-electron chi connectivity index (χ0n) is 10.1. The molecule has 0 fully saturated rings. The normalized spacial score (nSPS) is 16.0. The SMILES string of the molecule is O=c1c2c(nc3n1Cc1ccccc1-3)CCCC2. The Morgan fingerprint density at radius 3 is 2.89 bits per heavy atom. The second kappa shape index (κ2) is 3.55. The van der Waals surface area contributed by atoms with E-state index in [4.69, 9.17) is 4.98 Å². The smallest absolute Gasteiger partial charge is 0.257 e. The molecule has 0 unspecified atom stereocenters. The van der Waals surface area contributed by atoms with E-state index in [-0.39, 0.29) is 5.56 Å². The second-order valence-electron chi connectivity index (χ2n) is 5.12. The molecule has 1 aliphatic heterocycles. The molecule has 4 rings (SSSR count). The average molecular weight is 238 g/mol. The van der Waals surface area contributed by atoms with E-state index in [1.807, 2.05) is 16.7 Å². The van der Waals surface area contributed by atoms with Gasteiger partial charge in [-0.2, -0.15) is 0 Å². The van der Waals surface area contributed by atoms with Crippen molar-refractivity contribution in [1.82, 2.24) is 9.55 Å². The van der Waals surface area contributed by atoms with Crippen molar-refractivity contribution < 1.29 is 0 Å². The van der Waals surface area contributed by atoms with Gasteiger partial charge in [0.25, 0.3) is 5.56 Å². The minimum atomic E-state index is 0.186. The van der Waals surface area contributed by atoms with Crippen LogP contribution in [0, 0.1) is 0 Å². The molecule has 2 aromatic rings. The molecule has 18 heavy (non-hydrogen) atoms. The first-order valence-electron chi connectivity index (χ1n) is 6.55. The van der Waals surface area contributed by atoms with Gasteiger partial charge in [0.2, 0.25) is 0 Å². The molecular formula is C15H14N2O. The van der Waals surface area contributed by atoms with Gasteiger partial charge in [-0.15, -0.1) is 0 Å². The molecule has 3 heteroatoms. The van der Waals surface area contributed by atoms with Crippen molar-refractivity contribution in [3.63, 3.8) is 0 Å². The number of hydrogen-bond donors (Lipinski definition) is 0. The number of hydrogen-bond acceptors (Lipinski definition) is 2. The van der Waals surface area contributed by atoms with Crippen LogP contribution in [0.3, 0.4) is 0 Å². The van der Waals surface area contributed by atoms with E-state index in [2.05, 4.69) is 12.1 Å². The molecule has 2 heterocycles. The third kappa shape index (κ3) is 1.24. The molecular weight excluding hydrogens is 224 g/mol. The lowest BCUT2D eigenvalue weighted by molar-refractivity contribution is 0.635. The molecule has 2 aliphatic rings. The molecule has 0 bridgehead atoms. The molecule has 0 spiro atoms. The van der Waals surface area contributed by atoms with Crippen LogP contribution < -0.4 is 5.56 Å². The molecule has 0 saturated heterocycles. The van der Waals surface area contributed by atoms with E-state index in [0.29, 0.717) is 6.54 Å². The van der Waals surface area contributed by atoms with E-state index in [1.165, 1.54) is 5.56 Å². The van der Waals surface area contributed by atoms with Crippen molar-refractivity contribution in [2.45, 2.75) is 32.2 Å². The minimum absolute atomic E-state index is 0.186. The fraction of sp³-hybridized carbons (Fsp3) is 0.333. The van der Waals surface area contributed by atoms with Gasteiger partial charge in [-0.05, 0) is 31.2 Å². The number of rotatable bonds is 0. The van der Waals surface area contributed by atoms with Crippen molar-refractivity contribution in [3.8, 4) is 11.4 Å². The van der Waals surface area contributed by atoms with E-state index >= 15 is 0 Å². The maximum atomic E-state index is 12.5. The first-order chi connectivity index (χ1) is 8.84. The van der Waals surface area contributed by atoms with Crippen LogP contribution in [-0.4, -0.2) is 9.55 Å². The standard InChI is InChI=1S/C15H14N2O/c18-15-12-7-3-4-8-13(12)16-14-11-6-2-1-5-10(11)9-17(14)15/h1-2,5-6H,3-4,7-9H2. The highest BCUT2D eigenvalue weighted by atomic mass is 16.1. The van der Waals surface area contributed by atoms with E-state index in [0.717, 1.165) is 48.3 Å². The largest absolute Gasteiger partial charge is 0.288 e. The average Bonchev–Trinajstić information content (AvgIpc) is 2.79. The molecule has 1 aliphatic carbocycles. The predicted octanol–water partition coefficient (Wildman–Crippen LogP) is 2.15. The molecule has 0 N–H and O–H groups in total. The highest BCUT2D eigenvalue weighted by molar-refractivity contribution is 5.64. The third-order valence-electron chi connectivity index (χ3n) is 4.03. The van der Waals surface area contributed by atoms with E-state index in [1.54, 1.807) is 0 Å². The van der Waals surface area contributed by atoms with Gasteiger partial charge in [-0.25, -0.2) is 4.98 Å². The Kier molecular flexibility index (Phi) is 1.98. The van der Waals surface area contributed by atoms with Gasteiger partial charge >= 0.3 is 0 Å². The number of fused-ring (bicyclic) bond motifs is 4. The minimum Gasteiger partial charge on any atom is -0.288 e. The molecule has 1 aromatic heterocycles. The van der Waals surface area contributed by atoms with Crippen LogP contribution >= 0.6 is 0 Å². The third-order valence-corrected chi connectivity index (χ3v) is 4.03. The quantitative estimate of drug-likeness (QED) is 0.601. The van der Waals surface area contributed by atoms with Crippen LogP contribution in [0.15, 0.2) is 29.1 Å². The Labute approximate surface area is 105 Å². The van der Waals surface area contributed by atoms with Crippen molar-refractivity contribution in [2.24, 2.45) is 0 Å². The summed E-state index contributed by atoms with van der Waals surface area (Å²) in [6, 6.07) is 8.19. The highest BCUT2D eigenvalue weighted by Crippen LogP contribution is 2.30. The number of aromatic nitrogens is 2. The lowest BCUT2D eigenvalue weighted by atomic mass is 9.97. The molecule has 0 atom stereocenters. The fourth-order valence-electron chi connectivity index (χ4n) is 3.09. The second-order valence-corrected chi connectivity index (χ2v) is 5.12. The molecule has 0 saturated carbocycles. The van der Waals surface area contributed by atoms with Crippen LogP contribution in [0.4, 0.5) is 0 Å². The highest BCUT2D eigenvalue weighted by Gasteiger charge is 2.25. The maximum Gasteiger partial charge on any atom is 0.257 e. The summed E-state index contributed by atoms with van der Waals surface area (Å²) in [6.45, 7) is 0.685. The Bertz CT molecular complexity index is 700. The van der Waals surface area contributed by atoms with Crippen molar-refractivity contribution >= 4 is 0 Å². The summed E-state index contributed by atoms with van der Waals surface area (Å²) in [5.41, 5.74) is 4.52. The summed E-state index contributed by atoms with van der Waals surface area (Å²) in [7, 11) is 0. The van der Waals surface area contributed by atoms with Crippen LogP contribution in [-0.2, 0) is 19.4 Å². The Morgan fingerprint density at radius 2 is 1.94 bits per heavy atom. The summed E-state index contributed by atoms with van der Waals surface area (Å²) >= 11 is 0. The van der Waals surface area contributed by atoms with Gasteiger partial charge in [-0.1, -0.05) is 24.3 Å². The Hall–Kier alpha value is -1.90. The van der Waals surface area contributed by atoms with Gasteiger partial charge < -0.3 is 0 Å². The summed E-state index contributed by atoms with van der Waals surface area (Å²) in [5.74, 6) is 0.872. The van der Waals surface area contributed by atoms with Gasteiger partial charge in [0, 0.05) is 11.1 Å². The van der Waals surface area contributed by atoms with Crippen molar-refractivity contribution in [3.05, 3.63) is 51.4 Å². The van der Waals surface area contributed by atoms with Crippen LogP contribution in [0.2, 0.25) is 0 Å². The van der Waals surface area contributed by atoms with Crippen LogP contribution in [0.25, 0.3) is 11.4 Å². The van der Waals surface area contributed by atoms with Gasteiger partial charge in [0.1, 0.15) is 5.82 Å². The summed E-state index contributed by atoms with van der Waals surface area (Å²) < 4.78 is 1.84. The monoisotopic (exact) mass is 238 g/mol. The van der Waals surface area contributed by atoms with E-state index < -0.39 is 0 Å². The first-order valence-corrected chi connectivity index (χ1v) is 6.55. The zero-order valence-corrected chi connectivity index (χ0v) is 10.1. The lowest BCUT2D eigenvalue weighted by Gasteiger charge is -2.16. The van der Waals surface area contributed by atoms with Gasteiger partial charge in [0.15, 0.2) is 0 Å². The maximum absolute atomic E-state index is 12.5. The summed E-state index contributed by atoms with van der Waals surface area (Å²) in [5, 5.41) is 0.